The third kappa shape index (κ3) is 4.40. The molecule has 7 nitrogen and oxygen atoms in total. The number of aryl methyl sites for hydroxylation is 3. The van der Waals surface area contributed by atoms with Gasteiger partial charge in [0, 0.05) is 43.4 Å². The number of hydrogen-bond donors (Lipinski definition) is 1. The number of fused-ring (bicyclic) bond motifs is 2. The van der Waals surface area contributed by atoms with E-state index < -0.39 is 0 Å². The molecular weight excluding hydrogens is 422 g/mol. The molecule has 0 saturated heterocycles. The van der Waals surface area contributed by atoms with Gasteiger partial charge in [0.15, 0.2) is 0 Å². The van der Waals surface area contributed by atoms with Crippen LogP contribution in [0.4, 0.5) is 0 Å². The summed E-state index contributed by atoms with van der Waals surface area (Å²) in [4.78, 5) is 22.1. The van der Waals surface area contributed by atoms with Crippen LogP contribution in [0.1, 0.15) is 28.8 Å². The van der Waals surface area contributed by atoms with Crippen molar-refractivity contribution < 1.29 is 9.21 Å². The minimum absolute atomic E-state index is 0.0304. The first-order chi connectivity index (χ1) is 15.7. The fourth-order valence-corrected chi connectivity index (χ4v) is 4.77. The average molecular weight is 446 g/mol. The SMILES string of the molecule is CN(Cc1nc2ccccc2s1)C(=O)CCc1nnc(CCc2c[nH]c3ccccc23)o1. The molecule has 5 rings (SSSR count). The molecule has 0 atom stereocenters. The lowest BCUT2D eigenvalue weighted by Gasteiger charge is -2.14. The number of para-hydroxylation sites is 2. The molecule has 0 bridgehead atoms. The van der Waals surface area contributed by atoms with Gasteiger partial charge in [-0.05, 0) is 30.2 Å². The summed E-state index contributed by atoms with van der Waals surface area (Å²) < 4.78 is 6.90. The zero-order valence-electron chi connectivity index (χ0n) is 17.7. The number of carbonyl (C=O) groups excluding carboxylic acids is 1. The van der Waals surface area contributed by atoms with Crippen molar-refractivity contribution in [2.45, 2.75) is 32.2 Å². The predicted octanol–water partition coefficient (Wildman–Crippen LogP) is 4.54. The van der Waals surface area contributed by atoms with E-state index in [0.29, 0.717) is 37.6 Å². The van der Waals surface area contributed by atoms with Gasteiger partial charge in [0.1, 0.15) is 5.01 Å². The van der Waals surface area contributed by atoms with E-state index in [4.69, 9.17) is 4.42 Å². The summed E-state index contributed by atoms with van der Waals surface area (Å²) in [6.45, 7) is 0.498. The van der Waals surface area contributed by atoms with Gasteiger partial charge in [-0.1, -0.05) is 30.3 Å². The maximum atomic E-state index is 12.6. The molecule has 1 amide bonds. The maximum absolute atomic E-state index is 12.6. The summed E-state index contributed by atoms with van der Waals surface area (Å²) in [5.74, 6) is 1.13. The van der Waals surface area contributed by atoms with Crippen LogP contribution in [0.25, 0.3) is 21.1 Å². The van der Waals surface area contributed by atoms with E-state index in [1.54, 1.807) is 23.3 Å². The maximum Gasteiger partial charge on any atom is 0.223 e. The molecule has 162 valence electrons. The second-order valence-electron chi connectivity index (χ2n) is 7.77. The third-order valence-electron chi connectivity index (χ3n) is 5.48. The molecule has 1 N–H and O–H groups in total. The number of aromatic amines is 1. The second kappa shape index (κ2) is 8.92. The Morgan fingerprint density at radius 3 is 2.69 bits per heavy atom. The van der Waals surface area contributed by atoms with Crippen LogP contribution in [-0.2, 0) is 30.6 Å². The smallest absolute Gasteiger partial charge is 0.223 e. The van der Waals surface area contributed by atoms with Crippen LogP contribution in [0.5, 0.6) is 0 Å². The number of amides is 1. The molecule has 5 aromatic rings. The number of aromatic nitrogens is 4. The number of nitrogens with zero attached hydrogens (tertiary/aromatic N) is 4. The molecule has 0 radical (unpaired) electrons. The van der Waals surface area contributed by atoms with E-state index in [-0.39, 0.29) is 5.91 Å². The number of carbonyl (C=O) groups is 1. The van der Waals surface area contributed by atoms with Crippen molar-refractivity contribution in [2.24, 2.45) is 0 Å². The standard InChI is InChI=1S/C24H23N5O2S/c1-29(15-23-26-19-8-4-5-9-20(19)32-23)24(30)13-12-22-28-27-21(31-22)11-10-16-14-25-18-7-3-2-6-17(16)18/h2-9,14,25H,10-13,15H2,1H3. The third-order valence-corrected chi connectivity index (χ3v) is 6.50. The molecule has 2 aromatic carbocycles. The quantitative estimate of drug-likeness (QED) is 0.379. The van der Waals surface area contributed by atoms with Gasteiger partial charge in [0.05, 0.1) is 16.8 Å². The van der Waals surface area contributed by atoms with Gasteiger partial charge in [0.2, 0.25) is 17.7 Å². The number of thiazole rings is 1. The zero-order chi connectivity index (χ0) is 21.9. The Morgan fingerprint density at radius 1 is 1.03 bits per heavy atom. The zero-order valence-corrected chi connectivity index (χ0v) is 18.6. The Labute approximate surface area is 189 Å². The molecule has 0 saturated carbocycles. The van der Waals surface area contributed by atoms with Crippen LogP contribution in [0, 0.1) is 0 Å². The summed E-state index contributed by atoms with van der Waals surface area (Å²) in [7, 11) is 1.80. The van der Waals surface area contributed by atoms with Crippen LogP contribution in [0.2, 0.25) is 0 Å². The summed E-state index contributed by atoms with van der Waals surface area (Å²) in [6, 6.07) is 16.2. The molecule has 0 spiro atoms. The van der Waals surface area contributed by atoms with Crippen molar-refractivity contribution in [3.8, 4) is 0 Å². The molecule has 8 heteroatoms. The Morgan fingerprint density at radius 2 is 1.81 bits per heavy atom. The van der Waals surface area contributed by atoms with Crippen LogP contribution < -0.4 is 0 Å². The van der Waals surface area contributed by atoms with Gasteiger partial charge in [-0.15, -0.1) is 21.5 Å². The lowest BCUT2D eigenvalue weighted by molar-refractivity contribution is -0.130. The minimum atomic E-state index is 0.0304. The van der Waals surface area contributed by atoms with Crippen LogP contribution >= 0.6 is 11.3 Å². The fraction of sp³-hybridized carbons (Fsp3) is 0.250. The number of H-pyrrole nitrogens is 1. The van der Waals surface area contributed by atoms with E-state index >= 15 is 0 Å². The molecular formula is C24H23N5O2S. The van der Waals surface area contributed by atoms with E-state index in [2.05, 4.69) is 32.3 Å². The first-order valence-electron chi connectivity index (χ1n) is 10.6. The average Bonchev–Trinajstić information content (AvgIpc) is 3.53. The highest BCUT2D eigenvalue weighted by atomic mass is 32.1. The van der Waals surface area contributed by atoms with Gasteiger partial charge in [-0.2, -0.15) is 0 Å². The monoisotopic (exact) mass is 445 g/mol. The summed E-state index contributed by atoms with van der Waals surface area (Å²) in [5, 5.41) is 10.4. The first kappa shape index (κ1) is 20.4. The highest BCUT2D eigenvalue weighted by Crippen LogP contribution is 2.23. The molecule has 3 heterocycles. The number of nitrogens with one attached hydrogen (secondary N) is 1. The predicted molar refractivity (Wildman–Crippen MR) is 124 cm³/mol. The van der Waals surface area contributed by atoms with Crippen LogP contribution in [0.15, 0.2) is 59.1 Å². The van der Waals surface area contributed by atoms with Gasteiger partial charge in [0.25, 0.3) is 0 Å². The molecule has 0 aliphatic carbocycles. The van der Waals surface area contributed by atoms with E-state index in [9.17, 15) is 4.79 Å². The van der Waals surface area contributed by atoms with Crippen LogP contribution in [0.3, 0.4) is 0 Å². The van der Waals surface area contributed by atoms with Gasteiger partial charge in [-0.25, -0.2) is 4.98 Å². The first-order valence-corrected chi connectivity index (χ1v) is 11.4. The summed E-state index contributed by atoms with van der Waals surface area (Å²) >= 11 is 1.62. The minimum Gasteiger partial charge on any atom is -0.425 e. The van der Waals surface area contributed by atoms with Crippen molar-refractivity contribution in [1.82, 2.24) is 25.1 Å². The van der Waals surface area contributed by atoms with Crippen molar-refractivity contribution in [3.05, 3.63) is 77.1 Å². The Balaban J connectivity index is 1.13. The number of hydrogen-bond acceptors (Lipinski definition) is 6. The highest BCUT2D eigenvalue weighted by molar-refractivity contribution is 7.18. The molecule has 0 fully saturated rings. The number of benzene rings is 2. The van der Waals surface area contributed by atoms with E-state index in [0.717, 1.165) is 27.2 Å². The summed E-state index contributed by atoms with van der Waals surface area (Å²) in [6.07, 6.45) is 4.27. The topological polar surface area (TPSA) is 87.9 Å². The molecule has 3 aromatic heterocycles. The normalized spacial score (nSPS) is 11.4. The van der Waals surface area contributed by atoms with Gasteiger partial charge >= 0.3 is 0 Å². The Hall–Kier alpha value is -3.52. The second-order valence-corrected chi connectivity index (χ2v) is 8.89. The van der Waals surface area contributed by atoms with Crippen molar-refractivity contribution in [1.29, 1.82) is 0 Å². The Bertz CT molecular complexity index is 1340. The van der Waals surface area contributed by atoms with Gasteiger partial charge in [-0.3, -0.25) is 4.79 Å². The summed E-state index contributed by atoms with van der Waals surface area (Å²) in [5.41, 5.74) is 3.33. The largest absolute Gasteiger partial charge is 0.425 e. The van der Waals surface area contributed by atoms with Crippen molar-refractivity contribution in [3.63, 3.8) is 0 Å². The highest BCUT2D eigenvalue weighted by Gasteiger charge is 2.15. The lowest BCUT2D eigenvalue weighted by atomic mass is 10.1. The number of rotatable bonds is 8. The van der Waals surface area contributed by atoms with E-state index in [1.807, 2.05) is 42.6 Å². The lowest BCUT2D eigenvalue weighted by Crippen LogP contribution is -2.26. The molecule has 32 heavy (non-hydrogen) atoms. The molecule has 0 aliphatic heterocycles. The van der Waals surface area contributed by atoms with E-state index in [1.165, 1.54) is 10.9 Å². The van der Waals surface area contributed by atoms with Crippen molar-refractivity contribution in [2.75, 3.05) is 7.05 Å². The molecule has 0 unspecified atom stereocenters. The van der Waals surface area contributed by atoms with Crippen molar-refractivity contribution >= 4 is 38.4 Å². The molecule has 0 aliphatic rings. The Kier molecular flexibility index (Phi) is 5.68. The van der Waals surface area contributed by atoms with Crippen LogP contribution in [-0.4, -0.2) is 38.0 Å². The fourth-order valence-electron chi connectivity index (χ4n) is 3.75. The van der Waals surface area contributed by atoms with Gasteiger partial charge < -0.3 is 14.3 Å².